The van der Waals surface area contributed by atoms with Gasteiger partial charge in [0, 0.05) is 17.9 Å². The van der Waals surface area contributed by atoms with Crippen LogP contribution in [0.3, 0.4) is 0 Å². The molecule has 44 heavy (non-hydrogen) atoms. The molecule has 8 nitrogen and oxygen atoms in total. The molecule has 0 radical (unpaired) electrons. The predicted octanol–water partition coefficient (Wildman–Crippen LogP) is 5.43. The summed E-state index contributed by atoms with van der Waals surface area (Å²) in [6.07, 6.45) is 18.3. The molecule has 0 unspecified atom stereocenters. The van der Waals surface area contributed by atoms with Gasteiger partial charge in [0.15, 0.2) is 11.4 Å². The summed E-state index contributed by atoms with van der Waals surface area (Å²) in [5, 5.41) is 34.3. The molecule has 5 fully saturated rings. The second-order valence-corrected chi connectivity index (χ2v) is 14.8. The molecule has 0 amide bonds. The molecule has 0 spiro atoms. The van der Waals surface area contributed by atoms with E-state index in [0.717, 1.165) is 18.4 Å². The van der Waals surface area contributed by atoms with Gasteiger partial charge in [0.25, 0.3) is 0 Å². The standard InChI is InChI=1S/C36H54O8/c1-6-7-8-9-10-11-12-13-14-15-16-17-18-19-34-42-29-27-30-33(22-37,41-30)31(39)35(40)26(20-24(4)28(35)38)36(27,44-34)25(5)21-32(29,43-34)23(2)3/h18-20,25-27,29-31,37,39-40H,2,6-17,21-22H2,1,3-5H3/b19-18+/t25-,26-,27-,29-,30+,31-,32-,33+,34-,35-,36+/m1/s1. The Morgan fingerprint density at radius 2 is 1.66 bits per heavy atom. The third-order valence-corrected chi connectivity index (χ3v) is 12.0. The second-order valence-electron chi connectivity index (χ2n) is 14.8. The van der Waals surface area contributed by atoms with Crippen LogP contribution in [0, 0.1) is 17.8 Å². The Kier molecular flexibility index (Phi) is 8.65. The Bertz CT molecular complexity index is 1200. The summed E-state index contributed by atoms with van der Waals surface area (Å²) in [5.41, 5.74) is -4.56. The van der Waals surface area contributed by atoms with Gasteiger partial charge in [-0.25, -0.2) is 0 Å². The number of unbranched alkanes of at least 4 members (excludes halogenated alkanes) is 11. The number of aliphatic hydroxyl groups excluding tert-OH is 2. The van der Waals surface area contributed by atoms with Gasteiger partial charge in [-0.05, 0) is 50.2 Å². The molecule has 6 rings (SSSR count). The summed E-state index contributed by atoms with van der Waals surface area (Å²) in [6, 6.07) is 0. The molecule has 0 aromatic heterocycles. The quantitative estimate of drug-likeness (QED) is 0.127. The highest BCUT2D eigenvalue weighted by atomic mass is 16.9. The summed E-state index contributed by atoms with van der Waals surface area (Å²) in [4.78, 5) is 13.6. The van der Waals surface area contributed by atoms with Crippen LogP contribution in [0.4, 0.5) is 0 Å². The van der Waals surface area contributed by atoms with E-state index < -0.39 is 70.9 Å². The van der Waals surface area contributed by atoms with E-state index >= 15 is 0 Å². The Labute approximate surface area is 262 Å². The van der Waals surface area contributed by atoms with E-state index in [1.54, 1.807) is 13.0 Å². The van der Waals surface area contributed by atoms with Crippen molar-refractivity contribution in [3.8, 4) is 0 Å². The molecule has 2 saturated carbocycles. The molecule has 3 aliphatic heterocycles. The number of carbonyl (C=O) groups is 1. The molecule has 3 aliphatic carbocycles. The van der Waals surface area contributed by atoms with Crippen molar-refractivity contribution in [2.24, 2.45) is 17.8 Å². The number of rotatable bonds is 15. The lowest BCUT2D eigenvalue weighted by molar-refractivity contribution is -0.406. The van der Waals surface area contributed by atoms with E-state index in [4.69, 9.17) is 18.9 Å². The fourth-order valence-corrected chi connectivity index (χ4v) is 9.57. The fourth-order valence-electron chi connectivity index (χ4n) is 9.57. The number of carbonyl (C=O) groups excluding carboxylic acids is 1. The monoisotopic (exact) mass is 614 g/mol. The van der Waals surface area contributed by atoms with E-state index in [-0.39, 0.29) is 5.92 Å². The minimum Gasteiger partial charge on any atom is -0.393 e. The first-order valence-electron chi connectivity index (χ1n) is 17.3. The van der Waals surface area contributed by atoms with Crippen LogP contribution in [0.2, 0.25) is 0 Å². The van der Waals surface area contributed by atoms with Gasteiger partial charge in [-0.3, -0.25) is 4.79 Å². The van der Waals surface area contributed by atoms with E-state index in [2.05, 4.69) is 19.6 Å². The SMILES string of the molecule is C=C(C)[C@]12C[C@@H](C)[C@@]34O[C@](/C=C/CCCCCCCCCCCCC)(O[C@@H]1[C@@H]3[C@@H]1O[C@]1(CO)[C@@H](O)[C@]1(O)C(=O)C(C)=C[C@H]14)O2. The van der Waals surface area contributed by atoms with Crippen molar-refractivity contribution < 1.29 is 39.1 Å². The van der Waals surface area contributed by atoms with Crippen LogP contribution < -0.4 is 0 Å². The first-order valence-corrected chi connectivity index (χ1v) is 17.3. The number of ether oxygens (including phenoxy) is 4. The van der Waals surface area contributed by atoms with Gasteiger partial charge in [-0.2, -0.15) is 0 Å². The zero-order chi connectivity index (χ0) is 31.5. The van der Waals surface area contributed by atoms with Crippen LogP contribution in [0.1, 0.15) is 111 Å². The van der Waals surface area contributed by atoms with Crippen LogP contribution in [0.25, 0.3) is 0 Å². The van der Waals surface area contributed by atoms with E-state index in [1.165, 1.54) is 64.2 Å². The number of hydrogen-bond acceptors (Lipinski definition) is 8. The van der Waals surface area contributed by atoms with Crippen molar-refractivity contribution in [3.05, 3.63) is 36.0 Å². The number of fused-ring (bicyclic) bond motifs is 3. The number of epoxide rings is 1. The van der Waals surface area contributed by atoms with Crippen LogP contribution >= 0.6 is 0 Å². The summed E-state index contributed by atoms with van der Waals surface area (Å²) < 4.78 is 26.7. The normalized spacial score (nSPS) is 46.5. The molecule has 0 aromatic rings. The molecule has 6 aliphatic rings. The molecule has 11 atom stereocenters. The Balaban J connectivity index is 1.20. The van der Waals surface area contributed by atoms with Crippen LogP contribution in [-0.2, 0) is 23.7 Å². The van der Waals surface area contributed by atoms with Gasteiger partial charge >= 0.3 is 5.97 Å². The number of aliphatic hydroxyl groups is 3. The van der Waals surface area contributed by atoms with Crippen molar-refractivity contribution in [3.63, 3.8) is 0 Å². The highest BCUT2D eigenvalue weighted by molar-refractivity contribution is 6.05. The van der Waals surface area contributed by atoms with Crippen molar-refractivity contribution >= 4 is 5.78 Å². The van der Waals surface area contributed by atoms with Gasteiger partial charge in [-0.1, -0.05) is 96.8 Å². The average Bonchev–Trinajstić information content (AvgIpc) is 3.63. The maximum atomic E-state index is 13.6. The molecular formula is C36H54O8. The van der Waals surface area contributed by atoms with Crippen LogP contribution in [0.5, 0.6) is 0 Å². The van der Waals surface area contributed by atoms with E-state index in [0.29, 0.717) is 12.0 Å². The lowest BCUT2D eigenvalue weighted by Crippen LogP contribution is -2.72. The van der Waals surface area contributed by atoms with E-state index in [9.17, 15) is 20.1 Å². The first-order chi connectivity index (χ1) is 21.0. The maximum Gasteiger partial charge on any atom is 0.306 e. The number of hydrogen-bond donors (Lipinski definition) is 3. The van der Waals surface area contributed by atoms with E-state index in [1.807, 2.05) is 19.9 Å². The Morgan fingerprint density at radius 3 is 2.27 bits per heavy atom. The van der Waals surface area contributed by atoms with Gasteiger partial charge in [-0.15, -0.1) is 0 Å². The largest absolute Gasteiger partial charge is 0.393 e. The molecule has 3 N–H and O–H groups in total. The molecular weight excluding hydrogens is 560 g/mol. The molecule has 3 saturated heterocycles. The molecule has 3 heterocycles. The average molecular weight is 615 g/mol. The highest BCUT2D eigenvalue weighted by Gasteiger charge is 2.88. The fraction of sp³-hybridized carbons (Fsp3) is 0.806. The number of Topliss-reactive ketones (excluding diaryl/α,β-unsaturated/α-hetero) is 1. The van der Waals surface area contributed by atoms with Crippen LogP contribution in [-0.4, -0.2) is 74.4 Å². The maximum absolute atomic E-state index is 13.6. The van der Waals surface area contributed by atoms with Crippen LogP contribution in [0.15, 0.2) is 36.0 Å². The molecule has 246 valence electrons. The third-order valence-electron chi connectivity index (χ3n) is 12.0. The lowest BCUT2D eigenvalue weighted by atomic mass is 9.54. The summed E-state index contributed by atoms with van der Waals surface area (Å²) >= 11 is 0. The number of allylic oxidation sites excluding steroid dienone is 1. The zero-order valence-corrected chi connectivity index (χ0v) is 27.2. The molecule has 8 heteroatoms. The summed E-state index contributed by atoms with van der Waals surface area (Å²) in [5.74, 6) is -3.69. The van der Waals surface area contributed by atoms with Gasteiger partial charge in [0.1, 0.15) is 29.5 Å². The summed E-state index contributed by atoms with van der Waals surface area (Å²) in [6.45, 7) is 11.7. The van der Waals surface area contributed by atoms with Crippen molar-refractivity contribution in [2.75, 3.05) is 6.61 Å². The smallest absolute Gasteiger partial charge is 0.306 e. The highest BCUT2D eigenvalue weighted by Crippen LogP contribution is 2.72. The third kappa shape index (κ3) is 4.53. The minimum atomic E-state index is -2.20. The predicted molar refractivity (Wildman–Crippen MR) is 165 cm³/mol. The Hall–Kier alpha value is -1.39. The minimum absolute atomic E-state index is 0.219. The van der Waals surface area contributed by atoms with Gasteiger partial charge < -0.3 is 34.3 Å². The first kappa shape index (κ1) is 32.5. The Morgan fingerprint density at radius 1 is 1.02 bits per heavy atom. The van der Waals surface area contributed by atoms with Crippen molar-refractivity contribution in [1.82, 2.24) is 0 Å². The topological polar surface area (TPSA) is 118 Å². The molecule has 3 bridgehead atoms. The molecule has 0 aromatic carbocycles. The van der Waals surface area contributed by atoms with Crippen molar-refractivity contribution in [1.29, 1.82) is 0 Å². The zero-order valence-electron chi connectivity index (χ0n) is 27.2. The van der Waals surface area contributed by atoms with Gasteiger partial charge in [0.05, 0.1) is 12.2 Å². The second kappa shape index (κ2) is 11.7. The summed E-state index contributed by atoms with van der Waals surface area (Å²) in [7, 11) is 0. The number of ketones is 1. The van der Waals surface area contributed by atoms with Crippen molar-refractivity contribution in [2.45, 2.75) is 158 Å². The lowest BCUT2D eigenvalue weighted by Gasteiger charge is -2.59. The van der Waals surface area contributed by atoms with Gasteiger partial charge in [0.2, 0.25) is 0 Å².